The van der Waals surface area contributed by atoms with Gasteiger partial charge in [-0.25, -0.2) is 0 Å². The molecule has 1 N–H and O–H groups in total. The molecular weight excluding hydrogens is 274 g/mol. The number of nitrogens with one attached hydrogen (secondary N) is 1. The van der Waals surface area contributed by atoms with Gasteiger partial charge in [0.25, 0.3) is 0 Å². The smallest absolute Gasteiger partial charge is 0.123 e. The van der Waals surface area contributed by atoms with Gasteiger partial charge in [-0.1, -0.05) is 39.3 Å². The lowest BCUT2D eigenvalue weighted by Crippen LogP contribution is -2.41. The second-order valence-corrected chi connectivity index (χ2v) is 6.38. The van der Waals surface area contributed by atoms with Crippen molar-refractivity contribution >= 4 is 11.6 Å². The molecule has 2 unspecified atom stereocenters. The van der Waals surface area contributed by atoms with E-state index in [1.807, 2.05) is 18.2 Å². The Morgan fingerprint density at radius 3 is 2.35 bits per heavy atom. The first-order chi connectivity index (χ1) is 9.35. The second-order valence-electron chi connectivity index (χ2n) is 5.94. The van der Waals surface area contributed by atoms with Crippen LogP contribution >= 0.6 is 11.6 Å². The van der Waals surface area contributed by atoms with Gasteiger partial charge in [0.2, 0.25) is 0 Å². The summed E-state index contributed by atoms with van der Waals surface area (Å²) >= 11 is 6.16. The van der Waals surface area contributed by atoms with Crippen molar-refractivity contribution in [2.45, 2.75) is 39.8 Å². The van der Waals surface area contributed by atoms with E-state index in [2.05, 4.69) is 33.0 Å². The highest BCUT2D eigenvalue weighted by molar-refractivity contribution is 6.30. The molecule has 0 saturated heterocycles. The van der Waals surface area contributed by atoms with E-state index in [-0.39, 0.29) is 17.6 Å². The molecular formula is C16H26ClNO2. The third-order valence-electron chi connectivity index (χ3n) is 3.36. The summed E-state index contributed by atoms with van der Waals surface area (Å²) < 4.78 is 11.2. The molecule has 20 heavy (non-hydrogen) atoms. The molecule has 0 spiro atoms. The number of ether oxygens (including phenoxy) is 2. The average Bonchev–Trinajstić information content (AvgIpc) is 2.37. The predicted octanol–water partition coefficient (Wildman–Crippen LogP) is 4.06. The quantitative estimate of drug-likeness (QED) is 0.859. The van der Waals surface area contributed by atoms with E-state index in [0.717, 1.165) is 17.9 Å². The summed E-state index contributed by atoms with van der Waals surface area (Å²) in [6, 6.07) is 5.72. The maximum absolute atomic E-state index is 6.16. The molecule has 0 bridgehead atoms. The minimum absolute atomic E-state index is 0.00504. The molecule has 1 aromatic rings. The first kappa shape index (κ1) is 17.3. The van der Waals surface area contributed by atoms with E-state index in [1.54, 1.807) is 14.2 Å². The highest BCUT2D eigenvalue weighted by atomic mass is 35.5. The summed E-state index contributed by atoms with van der Waals surface area (Å²) in [7, 11) is 3.42. The molecule has 1 aromatic carbocycles. The summed E-state index contributed by atoms with van der Waals surface area (Å²) in [6.07, 6.45) is 0.00909. The molecule has 0 aliphatic heterocycles. The number of halogens is 1. The average molecular weight is 300 g/mol. The Labute approximate surface area is 127 Å². The predicted molar refractivity (Wildman–Crippen MR) is 84.7 cm³/mol. The maximum atomic E-state index is 6.16. The van der Waals surface area contributed by atoms with Gasteiger partial charge < -0.3 is 14.8 Å². The fraction of sp³-hybridized carbons (Fsp3) is 0.625. The minimum Gasteiger partial charge on any atom is -0.496 e. The normalized spacial score (nSPS) is 14.9. The van der Waals surface area contributed by atoms with Crippen molar-refractivity contribution in [2.24, 2.45) is 5.41 Å². The Balaban J connectivity index is 3.28. The van der Waals surface area contributed by atoms with Crippen LogP contribution in [-0.2, 0) is 4.74 Å². The maximum Gasteiger partial charge on any atom is 0.123 e. The van der Waals surface area contributed by atoms with Crippen molar-refractivity contribution in [3.63, 3.8) is 0 Å². The van der Waals surface area contributed by atoms with E-state index >= 15 is 0 Å². The fourth-order valence-corrected chi connectivity index (χ4v) is 2.72. The highest BCUT2D eigenvalue weighted by Crippen LogP contribution is 2.37. The Kier molecular flexibility index (Phi) is 6.31. The molecule has 0 saturated carbocycles. The molecule has 114 valence electrons. The first-order valence-electron chi connectivity index (χ1n) is 6.94. The zero-order valence-electron chi connectivity index (χ0n) is 13.3. The van der Waals surface area contributed by atoms with Gasteiger partial charge >= 0.3 is 0 Å². The number of benzene rings is 1. The van der Waals surface area contributed by atoms with Crippen LogP contribution in [0.25, 0.3) is 0 Å². The topological polar surface area (TPSA) is 30.5 Å². The molecule has 1 rings (SSSR count). The van der Waals surface area contributed by atoms with Gasteiger partial charge in [0.15, 0.2) is 0 Å². The third kappa shape index (κ3) is 4.11. The van der Waals surface area contributed by atoms with E-state index < -0.39 is 0 Å². The molecule has 0 radical (unpaired) electrons. The third-order valence-corrected chi connectivity index (χ3v) is 3.60. The fourth-order valence-electron chi connectivity index (χ4n) is 2.54. The van der Waals surface area contributed by atoms with Gasteiger partial charge in [0.05, 0.1) is 19.3 Å². The molecule has 2 atom stereocenters. The molecule has 0 aliphatic carbocycles. The van der Waals surface area contributed by atoms with Crippen LogP contribution in [0.3, 0.4) is 0 Å². The Morgan fingerprint density at radius 2 is 1.90 bits per heavy atom. The number of methoxy groups -OCH3 is 2. The number of hydrogen-bond donors (Lipinski definition) is 1. The minimum atomic E-state index is -0.00504. The molecule has 0 fully saturated rings. The Hall–Kier alpha value is -0.770. The van der Waals surface area contributed by atoms with Crippen molar-refractivity contribution in [3.05, 3.63) is 28.8 Å². The van der Waals surface area contributed by atoms with Gasteiger partial charge in [0, 0.05) is 17.7 Å². The first-order valence-corrected chi connectivity index (χ1v) is 7.32. The summed E-state index contributed by atoms with van der Waals surface area (Å²) in [5.41, 5.74) is 1.03. The van der Waals surface area contributed by atoms with Crippen LogP contribution in [-0.4, -0.2) is 26.9 Å². The zero-order chi connectivity index (χ0) is 15.3. The summed E-state index contributed by atoms with van der Waals surface area (Å²) in [5, 5.41) is 4.20. The van der Waals surface area contributed by atoms with E-state index in [4.69, 9.17) is 21.1 Å². The van der Waals surface area contributed by atoms with Gasteiger partial charge in [-0.05, 0) is 30.2 Å². The molecule has 0 aromatic heterocycles. The Morgan fingerprint density at radius 1 is 1.25 bits per heavy atom. The summed E-state index contributed by atoms with van der Waals surface area (Å²) in [5.74, 6) is 0.826. The van der Waals surface area contributed by atoms with Crippen molar-refractivity contribution in [1.29, 1.82) is 0 Å². The lowest BCUT2D eigenvalue weighted by Gasteiger charge is -2.37. The number of hydrogen-bond acceptors (Lipinski definition) is 3. The van der Waals surface area contributed by atoms with E-state index in [9.17, 15) is 0 Å². The van der Waals surface area contributed by atoms with Gasteiger partial charge in [-0.2, -0.15) is 0 Å². The van der Waals surface area contributed by atoms with Crippen LogP contribution in [0.5, 0.6) is 5.75 Å². The summed E-state index contributed by atoms with van der Waals surface area (Å²) in [4.78, 5) is 0. The largest absolute Gasteiger partial charge is 0.496 e. The lowest BCUT2D eigenvalue weighted by molar-refractivity contribution is -0.0120. The highest BCUT2D eigenvalue weighted by Gasteiger charge is 2.34. The molecule has 3 nitrogen and oxygen atoms in total. The van der Waals surface area contributed by atoms with Crippen LogP contribution < -0.4 is 10.1 Å². The monoisotopic (exact) mass is 299 g/mol. The van der Waals surface area contributed by atoms with Gasteiger partial charge in [0.1, 0.15) is 5.75 Å². The van der Waals surface area contributed by atoms with Crippen LogP contribution in [0, 0.1) is 5.41 Å². The molecule has 0 amide bonds. The number of rotatable bonds is 6. The standard InChI is InChI=1S/C16H26ClNO2/c1-7-18-14(15(20-6)16(2,3)4)12-10-11(17)8-9-13(12)19-5/h8-10,14-15,18H,7H2,1-6H3. The van der Waals surface area contributed by atoms with Crippen molar-refractivity contribution in [1.82, 2.24) is 5.32 Å². The van der Waals surface area contributed by atoms with E-state index in [0.29, 0.717) is 5.02 Å². The molecule has 4 heteroatoms. The second kappa shape index (κ2) is 7.30. The van der Waals surface area contributed by atoms with Crippen molar-refractivity contribution in [3.8, 4) is 5.75 Å². The SMILES string of the molecule is CCNC(c1cc(Cl)ccc1OC)C(OC)C(C)(C)C. The number of likely N-dealkylation sites (N-methyl/N-ethyl adjacent to an activating group) is 1. The van der Waals surface area contributed by atoms with Gasteiger partial charge in [-0.3, -0.25) is 0 Å². The molecule has 0 heterocycles. The van der Waals surface area contributed by atoms with Gasteiger partial charge in [-0.15, -0.1) is 0 Å². The summed E-state index contributed by atoms with van der Waals surface area (Å²) in [6.45, 7) is 9.43. The van der Waals surface area contributed by atoms with Crippen LogP contribution in [0.2, 0.25) is 5.02 Å². The van der Waals surface area contributed by atoms with Crippen LogP contribution in [0.1, 0.15) is 39.3 Å². The van der Waals surface area contributed by atoms with Crippen molar-refractivity contribution < 1.29 is 9.47 Å². The Bertz CT molecular complexity index is 429. The van der Waals surface area contributed by atoms with E-state index in [1.165, 1.54) is 0 Å². The van der Waals surface area contributed by atoms with Crippen LogP contribution in [0.4, 0.5) is 0 Å². The van der Waals surface area contributed by atoms with Crippen molar-refractivity contribution in [2.75, 3.05) is 20.8 Å². The lowest BCUT2D eigenvalue weighted by atomic mass is 9.81. The van der Waals surface area contributed by atoms with Crippen LogP contribution in [0.15, 0.2) is 18.2 Å². The zero-order valence-corrected chi connectivity index (χ0v) is 14.0. The molecule has 0 aliphatic rings.